The Labute approximate surface area is 256 Å². The van der Waals surface area contributed by atoms with Gasteiger partial charge in [0.05, 0.1) is 10.1 Å². The number of aliphatic hydroxyl groups is 2. The van der Waals surface area contributed by atoms with Crippen molar-refractivity contribution in [2.45, 2.75) is 126 Å². The number of alkyl halides is 6. The zero-order valence-corrected chi connectivity index (χ0v) is 26.5. The Bertz CT molecular complexity index is 1290. The van der Waals surface area contributed by atoms with E-state index >= 15 is 0 Å². The lowest BCUT2D eigenvalue weighted by Crippen LogP contribution is -2.59. The van der Waals surface area contributed by atoms with Crippen LogP contribution in [0.4, 0.5) is 26.3 Å². The Kier molecular flexibility index (Phi) is 8.83. The van der Waals surface area contributed by atoms with Crippen LogP contribution in [0.2, 0.25) is 0 Å². The van der Waals surface area contributed by atoms with Crippen molar-refractivity contribution < 1.29 is 45.0 Å². The van der Waals surface area contributed by atoms with Crippen LogP contribution in [0.1, 0.15) is 91.4 Å². The number of hydrogen-bond acceptors (Lipinski definition) is 4. The van der Waals surface area contributed by atoms with Crippen molar-refractivity contribution in [2.24, 2.45) is 46.3 Å². The molecule has 0 spiro atoms. The molecular weight excluding hydrogens is 606 g/mol. The van der Waals surface area contributed by atoms with Gasteiger partial charge in [0, 0.05) is 0 Å². The van der Waals surface area contributed by atoms with Gasteiger partial charge in [-0.1, -0.05) is 39.0 Å². The standard InChI is InChI=1S/C33H46F6O4S/c1-20(17-23(18-28(40)32(34,35)36)44(42,43)22-7-5-4-6-8-22)25-11-12-26-24-10-9-21-19-31(41,33(37,38)39)16-15-29(21,2)27(24)13-14-30(25,26)3/h4-8,20-21,23-28,40-41H,9-19H2,1-3H3/t20-,21+,23?,24+,25-,26+,27+,28+,29+,30-,31+/m1/s1. The smallest absolute Gasteiger partial charge is 0.384 e. The van der Waals surface area contributed by atoms with E-state index in [2.05, 4.69) is 13.8 Å². The van der Waals surface area contributed by atoms with E-state index in [4.69, 9.17) is 0 Å². The second-order valence-corrected chi connectivity index (χ2v) is 17.3. The Morgan fingerprint density at radius 1 is 0.864 bits per heavy atom. The highest BCUT2D eigenvalue weighted by Gasteiger charge is 2.65. The van der Waals surface area contributed by atoms with Crippen molar-refractivity contribution in [3.8, 4) is 0 Å². The molecular formula is C33H46F6O4S. The van der Waals surface area contributed by atoms with E-state index in [0.717, 1.165) is 32.1 Å². The minimum absolute atomic E-state index is 0.00124. The fourth-order valence-electron chi connectivity index (χ4n) is 10.6. The number of hydrogen-bond donors (Lipinski definition) is 2. The normalized spacial score (nSPS) is 39.9. The summed E-state index contributed by atoms with van der Waals surface area (Å²) in [4.78, 5) is -0.0579. The summed E-state index contributed by atoms with van der Waals surface area (Å²) in [7, 11) is -4.15. The molecule has 11 atom stereocenters. The molecule has 0 amide bonds. The minimum Gasteiger partial charge on any atom is -0.384 e. The molecule has 0 aliphatic heterocycles. The molecule has 0 bridgehead atoms. The number of rotatable bonds is 7. The molecule has 5 rings (SSSR count). The van der Waals surface area contributed by atoms with Gasteiger partial charge in [-0.25, -0.2) is 8.42 Å². The Balaban J connectivity index is 1.35. The minimum atomic E-state index is -4.93. The molecule has 4 aliphatic rings. The van der Waals surface area contributed by atoms with Crippen molar-refractivity contribution in [2.75, 3.05) is 0 Å². The predicted molar refractivity (Wildman–Crippen MR) is 154 cm³/mol. The van der Waals surface area contributed by atoms with Crippen LogP contribution in [0.3, 0.4) is 0 Å². The second kappa shape index (κ2) is 11.4. The summed E-state index contributed by atoms with van der Waals surface area (Å²) in [6.45, 7) is 6.27. The summed E-state index contributed by atoms with van der Waals surface area (Å²) in [6, 6.07) is 7.44. The quantitative estimate of drug-likeness (QED) is 0.292. The van der Waals surface area contributed by atoms with Crippen molar-refractivity contribution in [1.82, 2.24) is 0 Å². The van der Waals surface area contributed by atoms with Crippen LogP contribution in [0.15, 0.2) is 35.2 Å². The van der Waals surface area contributed by atoms with Crippen molar-refractivity contribution in [3.63, 3.8) is 0 Å². The number of halogens is 6. The summed E-state index contributed by atoms with van der Waals surface area (Å²) in [5.41, 5.74) is -3.07. The van der Waals surface area contributed by atoms with E-state index < -0.39 is 45.6 Å². The number of fused-ring (bicyclic) bond motifs is 5. The lowest BCUT2D eigenvalue weighted by atomic mass is 9.43. The summed E-state index contributed by atoms with van der Waals surface area (Å²) < 4.78 is 109. The van der Waals surface area contributed by atoms with Crippen LogP contribution in [0, 0.1) is 46.3 Å². The molecule has 1 aromatic rings. The largest absolute Gasteiger partial charge is 0.417 e. The predicted octanol–water partition coefficient (Wildman–Crippen LogP) is 8.12. The van der Waals surface area contributed by atoms with Gasteiger partial charge < -0.3 is 10.2 Å². The average Bonchev–Trinajstić information content (AvgIpc) is 3.29. The van der Waals surface area contributed by atoms with E-state index in [1.807, 2.05) is 6.92 Å². The molecule has 250 valence electrons. The van der Waals surface area contributed by atoms with E-state index in [-0.39, 0.29) is 58.7 Å². The Morgan fingerprint density at radius 2 is 1.50 bits per heavy atom. The maximum absolute atomic E-state index is 13.7. The fourth-order valence-corrected chi connectivity index (χ4v) is 12.5. The summed E-state index contributed by atoms with van der Waals surface area (Å²) in [6.07, 6.45) is -8.62. The molecule has 11 heteroatoms. The number of benzene rings is 1. The zero-order valence-electron chi connectivity index (χ0n) is 25.7. The van der Waals surface area contributed by atoms with Gasteiger partial charge in [0.1, 0.15) is 0 Å². The molecule has 4 nitrogen and oxygen atoms in total. The molecule has 4 aliphatic carbocycles. The number of sulfone groups is 1. The lowest BCUT2D eigenvalue weighted by Gasteiger charge is -2.62. The molecule has 44 heavy (non-hydrogen) atoms. The zero-order chi connectivity index (χ0) is 32.5. The van der Waals surface area contributed by atoms with E-state index in [1.54, 1.807) is 6.07 Å². The highest BCUT2D eigenvalue weighted by Crippen LogP contribution is 2.69. The van der Waals surface area contributed by atoms with Gasteiger partial charge in [0.15, 0.2) is 21.5 Å². The van der Waals surface area contributed by atoms with Crippen LogP contribution in [-0.2, 0) is 9.84 Å². The van der Waals surface area contributed by atoms with Gasteiger partial charge in [-0.05, 0) is 129 Å². The summed E-state index contributed by atoms with van der Waals surface area (Å²) in [5, 5.41) is 19.0. The number of aliphatic hydroxyl groups excluding tert-OH is 1. The van der Waals surface area contributed by atoms with Crippen LogP contribution in [-0.4, -0.2) is 47.9 Å². The molecule has 2 N–H and O–H groups in total. The van der Waals surface area contributed by atoms with Gasteiger partial charge in [-0.15, -0.1) is 0 Å². The second-order valence-electron chi connectivity index (χ2n) is 15.1. The van der Waals surface area contributed by atoms with Gasteiger partial charge in [-0.2, -0.15) is 26.3 Å². The molecule has 0 aromatic heterocycles. The molecule has 0 radical (unpaired) electrons. The third kappa shape index (κ3) is 5.73. The van der Waals surface area contributed by atoms with Gasteiger partial charge in [0.2, 0.25) is 0 Å². The topological polar surface area (TPSA) is 74.6 Å². The molecule has 1 unspecified atom stereocenters. The first kappa shape index (κ1) is 34.0. The molecule has 0 heterocycles. The van der Waals surface area contributed by atoms with Gasteiger partial charge in [-0.3, -0.25) is 0 Å². The van der Waals surface area contributed by atoms with Crippen LogP contribution >= 0.6 is 0 Å². The Hall–Kier alpha value is -1.33. The third-order valence-corrected chi connectivity index (χ3v) is 15.2. The highest BCUT2D eigenvalue weighted by molar-refractivity contribution is 7.92. The average molecular weight is 653 g/mol. The maximum Gasteiger partial charge on any atom is 0.417 e. The van der Waals surface area contributed by atoms with E-state index in [0.29, 0.717) is 24.7 Å². The maximum atomic E-state index is 13.7. The first-order chi connectivity index (χ1) is 20.2. The van der Waals surface area contributed by atoms with Crippen molar-refractivity contribution in [3.05, 3.63) is 30.3 Å². The first-order valence-corrected chi connectivity index (χ1v) is 17.6. The van der Waals surface area contributed by atoms with Crippen LogP contribution in [0.5, 0.6) is 0 Å². The highest BCUT2D eigenvalue weighted by atomic mass is 32.2. The van der Waals surface area contributed by atoms with Crippen molar-refractivity contribution >= 4 is 9.84 Å². The van der Waals surface area contributed by atoms with E-state index in [9.17, 15) is 45.0 Å². The van der Waals surface area contributed by atoms with Crippen LogP contribution in [0.25, 0.3) is 0 Å². The lowest BCUT2D eigenvalue weighted by molar-refractivity contribution is -0.290. The molecule has 4 saturated carbocycles. The fraction of sp³-hybridized carbons (Fsp3) is 0.818. The van der Waals surface area contributed by atoms with Crippen LogP contribution < -0.4 is 0 Å². The van der Waals surface area contributed by atoms with Crippen molar-refractivity contribution in [1.29, 1.82) is 0 Å². The van der Waals surface area contributed by atoms with E-state index in [1.165, 1.54) is 24.3 Å². The molecule has 4 fully saturated rings. The summed E-state index contributed by atoms with van der Waals surface area (Å²) >= 11 is 0. The summed E-state index contributed by atoms with van der Waals surface area (Å²) in [5.74, 6) is 0.541. The van der Waals surface area contributed by atoms with Gasteiger partial charge in [0.25, 0.3) is 0 Å². The first-order valence-electron chi connectivity index (χ1n) is 16.1. The third-order valence-electron chi connectivity index (χ3n) is 13.0. The SMILES string of the molecule is C[C@H](CC(C[C@H](O)C(F)(F)F)S(=O)(=O)c1ccccc1)[C@H]1CC[C@H]2[C@@H]3CC[C@H]4C[C@](O)(C(F)(F)F)CC[C@]4(C)[C@H]3CC[C@]12C. The Morgan fingerprint density at radius 3 is 2.11 bits per heavy atom. The van der Waals surface area contributed by atoms with Gasteiger partial charge >= 0.3 is 12.4 Å². The monoisotopic (exact) mass is 652 g/mol. The molecule has 0 saturated heterocycles. The molecule has 1 aromatic carbocycles.